The van der Waals surface area contributed by atoms with E-state index < -0.39 is 6.10 Å². The van der Waals surface area contributed by atoms with Crippen LogP contribution in [0.25, 0.3) is 16.7 Å². The van der Waals surface area contributed by atoms with Crippen molar-refractivity contribution < 1.29 is 9.90 Å². The molecule has 2 aromatic carbocycles. The van der Waals surface area contributed by atoms with Crippen molar-refractivity contribution in [3.05, 3.63) is 76.4 Å². The Hall–Kier alpha value is -2.96. The molecule has 29 heavy (non-hydrogen) atoms. The Bertz CT molecular complexity index is 1120. The van der Waals surface area contributed by atoms with Gasteiger partial charge in [0, 0.05) is 18.5 Å². The number of hydrogen-bond acceptors (Lipinski definition) is 4. The van der Waals surface area contributed by atoms with Gasteiger partial charge < -0.3 is 15.0 Å². The lowest BCUT2D eigenvalue weighted by Gasteiger charge is -2.19. The minimum Gasteiger partial charge on any atom is -0.391 e. The van der Waals surface area contributed by atoms with Gasteiger partial charge in [0.25, 0.3) is 0 Å². The Morgan fingerprint density at radius 3 is 2.72 bits per heavy atom. The van der Waals surface area contributed by atoms with Gasteiger partial charge in [-0.05, 0) is 42.3 Å². The zero-order valence-electron chi connectivity index (χ0n) is 16.4. The zero-order chi connectivity index (χ0) is 21.0. The molecule has 0 aliphatic heterocycles. The van der Waals surface area contributed by atoms with E-state index in [1.54, 1.807) is 19.2 Å². The highest BCUT2D eigenvalue weighted by molar-refractivity contribution is 6.30. The third-order valence-electron chi connectivity index (χ3n) is 4.66. The van der Waals surface area contributed by atoms with Gasteiger partial charge in [0.1, 0.15) is 5.69 Å². The van der Waals surface area contributed by atoms with Crippen LogP contribution >= 0.6 is 11.6 Å². The average molecular weight is 411 g/mol. The second kappa shape index (κ2) is 9.03. The molecule has 0 bridgehead atoms. The molecule has 1 aromatic heterocycles. The highest BCUT2D eigenvalue weighted by atomic mass is 35.5. The summed E-state index contributed by atoms with van der Waals surface area (Å²) in [7, 11) is 1.73. The first-order valence-corrected chi connectivity index (χ1v) is 9.59. The Morgan fingerprint density at radius 2 is 2.07 bits per heavy atom. The number of benzene rings is 2. The molecule has 3 rings (SSSR count). The van der Waals surface area contributed by atoms with Crippen LogP contribution in [-0.4, -0.2) is 34.2 Å². The maximum Gasteiger partial charge on any atom is 0.234 e. The van der Waals surface area contributed by atoms with E-state index in [9.17, 15) is 9.90 Å². The van der Waals surface area contributed by atoms with E-state index in [0.717, 1.165) is 22.2 Å². The molecule has 150 valence electrons. The maximum absolute atomic E-state index is 11.3. The Kier molecular flexibility index (Phi) is 6.46. The minimum absolute atomic E-state index is 0.238. The van der Waals surface area contributed by atoms with Crippen LogP contribution in [0.15, 0.2) is 54.0 Å². The third-order valence-corrected chi connectivity index (χ3v) is 4.91. The smallest absolute Gasteiger partial charge is 0.234 e. The summed E-state index contributed by atoms with van der Waals surface area (Å²) in [6.07, 6.45) is 0.207. The molecule has 1 atom stereocenters. The fourth-order valence-corrected chi connectivity index (χ4v) is 3.34. The van der Waals surface area contributed by atoms with E-state index in [2.05, 4.69) is 21.9 Å². The van der Waals surface area contributed by atoms with Crippen LogP contribution in [0.2, 0.25) is 5.02 Å². The lowest BCUT2D eigenvalue weighted by molar-refractivity contribution is -0.107. The molecule has 0 aliphatic carbocycles. The molecule has 0 fully saturated rings. The summed E-state index contributed by atoms with van der Waals surface area (Å²) in [5.74, 6) is 0. The minimum atomic E-state index is -0.705. The predicted molar refractivity (Wildman–Crippen MR) is 115 cm³/mol. The molecule has 6 nitrogen and oxygen atoms in total. The highest BCUT2D eigenvalue weighted by Gasteiger charge is 2.15. The van der Waals surface area contributed by atoms with Gasteiger partial charge in [-0.1, -0.05) is 36.4 Å². The van der Waals surface area contributed by atoms with Gasteiger partial charge in [-0.25, -0.2) is 4.98 Å². The zero-order valence-corrected chi connectivity index (χ0v) is 17.1. The van der Waals surface area contributed by atoms with Crippen LogP contribution in [0.5, 0.6) is 0 Å². The molecule has 1 amide bonds. The second-order valence-corrected chi connectivity index (χ2v) is 7.27. The molecular weight excluding hydrogens is 388 g/mol. The SMILES string of the molecule is C=C(NC)c1nc2ccc(C)cc2n(CC(O)Cc2ccc(Cl)cc2)c1=NC=O. The lowest BCUT2D eigenvalue weighted by Crippen LogP contribution is -2.33. The number of rotatable bonds is 7. The Morgan fingerprint density at radius 1 is 1.34 bits per heavy atom. The number of carbonyl (C=O) groups is 1. The first kappa shape index (κ1) is 20.8. The highest BCUT2D eigenvalue weighted by Crippen LogP contribution is 2.17. The number of nitrogens with one attached hydrogen (secondary N) is 1. The van der Waals surface area contributed by atoms with Crippen molar-refractivity contribution in [2.75, 3.05) is 7.05 Å². The van der Waals surface area contributed by atoms with E-state index in [1.165, 1.54) is 0 Å². The van der Waals surface area contributed by atoms with Gasteiger partial charge in [-0.2, -0.15) is 4.99 Å². The quantitative estimate of drug-likeness (QED) is 0.587. The van der Waals surface area contributed by atoms with Crippen LogP contribution in [0.4, 0.5) is 0 Å². The molecular formula is C22H23ClN4O2. The molecule has 0 radical (unpaired) electrons. The normalized spacial score (nSPS) is 12.8. The van der Waals surface area contributed by atoms with Crippen LogP contribution in [-0.2, 0) is 17.8 Å². The number of amides is 1. The maximum atomic E-state index is 11.3. The molecule has 0 spiro atoms. The van der Waals surface area contributed by atoms with Crippen molar-refractivity contribution in [3.63, 3.8) is 0 Å². The van der Waals surface area contributed by atoms with E-state index in [4.69, 9.17) is 11.6 Å². The van der Waals surface area contributed by atoms with E-state index >= 15 is 0 Å². The van der Waals surface area contributed by atoms with Crippen molar-refractivity contribution in [2.24, 2.45) is 4.99 Å². The van der Waals surface area contributed by atoms with Gasteiger partial charge in [0.2, 0.25) is 6.41 Å². The number of aromatic nitrogens is 2. The molecule has 0 saturated carbocycles. The van der Waals surface area contributed by atoms with Crippen molar-refractivity contribution in [3.8, 4) is 0 Å². The fraction of sp³-hybridized carbons (Fsp3) is 0.227. The standard InChI is InChI=1S/C22H23ClN4O2/c1-14-4-9-19-20(10-14)27(22(25-13-28)21(26-19)15(2)24-3)12-18(29)11-16-5-7-17(23)8-6-16/h4-10,13,18,24,29H,2,11-12H2,1,3H3. The topological polar surface area (TPSA) is 79.5 Å². The number of halogens is 1. The van der Waals surface area contributed by atoms with Crippen LogP contribution in [0.1, 0.15) is 16.8 Å². The summed E-state index contributed by atoms with van der Waals surface area (Å²) in [6.45, 7) is 6.18. The van der Waals surface area contributed by atoms with E-state index in [0.29, 0.717) is 34.7 Å². The number of fused-ring (bicyclic) bond motifs is 1. The Balaban J connectivity index is 2.12. The summed E-state index contributed by atoms with van der Waals surface area (Å²) < 4.78 is 1.82. The predicted octanol–water partition coefficient (Wildman–Crippen LogP) is 2.85. The van der Waals surface area contributed by atoms with Gasteiger partial charge in [0.05, 0.1) is 29.4 Å². The van der Waals surface area contributed by atoms with Crippen molar-refractivity contribution in [1.82, 2.24) is 14.9 Å². The van der Waals surface area contributed by atoms with Crippen LogP contribution < -0.4 is 10.8 Å². The van der Waals surface area contributed by atoms with E-state index in [1.807, 2.05) is 41.8 Å². The van der Waals surface area contributed by atoms with Gasteiger partial charge in [0.15, 0.2) is 5.49 Å². The van der Waals surface area contributed by atoms with Gasteiger partial charge >= 0.3 is 0 Å². The molecule has 3 aromatic rings. The van der Waals surface area contributed by atoms with Crippen molar-refractivity contribution in [1.29, 1.82) is 0 Å². The van der Waals surface area contributed by atoms with Crippen LogP contribution in [0.3, 0.4) is 0 Å². The third kappa shape index (κ3) is 4.72. The number of aliphatic hydroxyl groups is 1. The summed E-state index contributed by atoms with van der Waals surface area (Å²) in [4.78, 5) is 19.9. The van der Waals surface area contributed by atoms with Gasteiger partial charge in [-0.3, -0.25) is 4.79 Å². The molecule has 7 heteroatoms. The average Bonchev–Trinajstić information content (AvgIpc) is 2.71. The first-order valence-electron chi connectivity index (χ1n) is 9.21. The van der Waals surface area contributed by atoms with Crippen LogP contribution in [0, 0.1) is 6.92 Å². The number of nitrogens with zero attached hydrogens (tertiary/aromatic N) is 3. The summed E-state index contributed by atoms with van der Waals surface area (Å²) in [6, 6.07) is 13.2. The fourth-order valence-electron chi connectivity index (χ4n) is 3.21. The molecule has 1 unspecified atom stereocenters. The summed E-state index contributed by atoms with van der Waals surface area (Å²) in [5, 5.41) is 14.4. The van der Waals surface area contributed by atoms with E-state index in [-0.39, 0.29) is 6.54 Å². The number of carbonyl (C=O) groups excluding carboxylic acids is 1. The number of aryl methyl sites for hydroxylation is 1. The Labute approximate surface area is 174 Å². The molecule has 0 aliphatic rings. The first-order chi connectivity index (χ1) is 13.9. The van der Waals surface area contributed by atoms with Gasteiger partial charge in [-0.15, -0.1) is 0 Å². The monoisotopic (exact) mass is 410 g/mol. The van der Waals surface area contributed by atoms with Crippen molar-refractivity contribution >= 4 is 34.7 Å². The largest absolute Gasteiger partial charge is 0.391 e. The lowest BCUT2D eigenvalue weighted by atomic mass is 10.1. The summed E-state index contributed by atoms with van der Waals surface area (Å²) in [5.41, 5.74) is 4.87. The molecule has 0 saturated heterocycles. The van der Waals surface area contributed by atoms with Crippen molar-refractivity contribution in [2.45, 2.75) is 26.0 Å². The second-order valence-electron chi connectivity index (χ2n) is 6.83. The molecule has 1 heterocycles. The molecule has 2 N–H and O–H groups in total. The summed E-state index contributed by atoms with van der Waals surface area (Å²) >= 11 is 5.94. The number of hydrogen-bond donors (Lipinski definition) is 2. The number of aliphatic hydroxyl groups excluding tert-OH is 1.